The fraction of sp³-hybridized carbons (Fsp3) is 0.172. The summed E-state index contributed by atoms with van der Waals surface area (Å²) in [6.45, 7) is 6.10. The zero-order valence-electron chi connectivity index (χ0n) is 23.5. The molecule has 0 bridgehead atoms. The number of anilines is 1. The van der Waals surface area contributed by atoms with Gasteiger partial charge in [0, 0.05) is 0 Å². The van der Waals surface area contributed by atoms with Crippen molar-refractivity contribution in [2.24, 2.45) is 5.14 Å². The second-order valence-corrected chi connectivity index (χ2v) is 15.0. The molecule has 2 atom stereocenters. The van der Waals surface area contributed by atoms with Gasteiger partial charge in [0.2, 0.25) is 10.0 Å². The molecule has 3 heterocycles. The van der Waals surface area contributed by atoms with Crippen molar-refractivity contribution in [3.05, 3.63) is 94.7 Å². The Morgan fingerprint density at radius 3 is 2.58 bits per heavy atom. The SMILES string of the molecule is Cc1cc(C(=O)NCc2ccc(S(N)(=O)=O)cc2)cc(-c2nc([C@H](C)[AsH]c3ncnc(N)c3C#N)nn3ccc(C)c23)c1. The molecule has 2 aromatic carbocycles. The van der Waals surface area contributed by atoms with Gasteiger partial charge in [-0.25, -0.2) is 13.6 Å². The predicted molar refractivity (Wildman–Crippen MR) is 163 cm³/mol. The zero-order valence-corrected chi connectivity index (χ0v) is 26.4. The summed E-state index contributed by atoms with van der Waals surface area (Å²) >= 11 is -1.02. The van der Waals surface area contributed by atoms with Crippen molar-refractivity contribution in [2.45, 2.75) is 36.9 Å². The Kier molecular flexibility index (Phi) is 8.28. The Labute approximate surface area is 254 Å². The number of fused-ring (bicyclic) bond motifs is 1. The van der Waals surface area contributed by atoms with Gasteiger partial charge in [-0.05, 0) is 12.1 Å². The number of aryl methyl sites for hydroxylation is 2. The van der Waals surface area contributed by atoms with Crippen molar-refractivity contribution in [3.8, 4) is 17.3 Å². The van der Waals surface area contributed by atoms with Gasteiger partial charge in [0.15, 0.2) is 0 Å². The van der Waals surface area contributed by atoms with E-state index in [0.29, 0.717) is 27.1 Å². The first kappa shape index (κ1) is 29.8. The Balaban J connectivity index is 1.46. The van der Waals surface area contributed by atoms with Crippen LogP contribution in [0.3, 0.4) is 0 Å². The van der Waals surface area contributed by atoms with Crippen LogP contribution in [0.4, 0.5) is 5.82 Å². The van der Waals surface area contributed by atoms with Crippen molar-refractivity contribution in [2.75, 3.05) is 5.73 Å². The molecular weight excluding hydrogens is 629 g/mol. The second-order valence-electron chi connectivity index (χ2n) is 10.0. The van der Waals surface area contributed by atoms with Gasteiger partial charge in [-0.1, -0.05) is 0 Å². The van der Waals surface area contributed by atoms with E-state index in [1.54, 1.807) is 28.8 Å². The van der Waals surface area contributed by atoms with Gasteiger partial charge in [0.05, 0.1) is 4.90 Å². The topological polar surface area (TPSA) is 195 Å². The molecule has 0 fully saturated rings. The van der Waals surface area contributed by atoms with Crippen LogP contribution >= 0.6 is 0 Å². The molecule has 0 radical (unpaired) electrons. The number of nitrogens with zero attached hydrogens (tertiary/aromatic N) is 6. The van der Waals surface area contributed by atoms with Gasteiger partial charge < -0.3 is 0 Å². The monoisotopic (exact) mass is 657 g/mol. The number of sulfonamides is 1. The summed E-state index contributed by atoms with van der Waals surface area (Å²) in [5.74, 6) is 0.463. The van der Waals surface area contributed by atoms with Crippen LogP contribution in [0.5, 0.6) is 0 Å². The molecule has 12 nitrogen and oxygen atoms in total. The third-order valence-electron chi connectivity index (χ3n) is 6.78. The minimum atomic E-state index is -3.79. The molecule has 0 aliphatic carbocycles. The predicted octanol–water partition coefficient (Wildman–Crippen LogP) is 1.66. The molecule has 218 valence electrons. The summed E-state index contributed by atoms with van der Waals surface area (Å²) in [7, 11) is -3.79. The van der Waals surface area contributed by atoms with Crippen LogP contribution in [0, 0.1) is 25.2 Å². The molecule has 3 aromatic heterocycles. The van der Waals surface area contributed by atoms with E-state index in [9.17, 15) is 18.5 Å². The summed E-state index contributed by atoms with van der Waals surface area (Å²) in [6.07, 6.45) is 3.24. The molecule has 5 N–H and O–H groups in total. The van der Waals surface area contributed by atoms with Gasteiger partial charge in [0.25, 0.3) is 0 Å². The number of nitrogens with two attached hydrogens (primary N) is 2. The number of nitrogen functional groups attached to an aromatic ring is 1. The first-order valence-corrected chi connectivity index (χ1v) is 16.9. The van der Waals surface area contributed by atoms with Gasteiger partial charge in [-0.3, -0.25) is 0 Å². The number of aromatic nitrogens is 5. The standard InChI is InChI=1S/C29H28AsN9O3S/c1-16-10-20(12-21(11-16)29(40)34-14-19-4-6-22(7-5-19)43(33,41)42)24-25-17(2)8-9-39(25)38-28(37-24)18(3)30-26-23(13-31)27(32)36-15-35-26/h4-12,15,18,30H,14H2,1-3H3,(H,34,40)(H2,32,35,36)(H2,33,41,42)/t18-/m0/s1. The van der Waals surface area contributed by atoms with Crippen molar-refractivity contribution >= 4 is 47.5 Å². The van der Waals surface area contributed by atoms with Crippen LogP contribution in [-0.4, -0.2) is 54.6 Å². The van der Waals surface area contributed by atoms with E-state index in [-0.39, 0.29) is 27.9 Å². The fourth-order valence-electron chi connectivity index (χ4n) is 4.60. The minimum absolute atomic E-state index is 0.00510. The van der Waals surface area contributed by atoms with Crippen LogP contribution in [0.1, 0.15) is 50.1 Å². The number of rotatable bonds is 8. The molecule has 0 spiro atoms. The van der Waals surface area contributed by atoms with Crippen molar-refractivity contribution < 1.29 is 13.2 Å². The van der Waals surface area contributed by atoms with Crippen molar-refractivity contribution in [1.29, 1.82) is 5.26 Å². The third kappa shape index (κ3) is 6.41. The number of carbonyl (C=O) groups is 1. The zero-order chi connectivity index (χ0) is 30.9. The van der Waals surface area contributed by atoms with Crippen LogP contribution in [-0.2, 0) is 16.6 Å². The Hall–Kier alpha value is -4.63. The molecule has 5 aromatic rings. The molecular formula is C29H28AsN9O3S. The normalized spacial score (nSPS) is 12.4. The summed E-state index contributed by atoms with van der Waals surface area (Å²) in [6, 6.07) is 15.7. The first-order chi connectivity index (χ1) is 20.4. The van der Waals surface area contributed by atoms with E-state index in [4.69, 9.17) is 21.0 Å². The van der Waals surface area contributed by atoms with E-state index in [1.807, 2.05) is 39.1 Å². The van der Waals surface area contributed by atoms with Gasteiger partial charge in [0.1, 0.15) is 0 Å². The maximum absolute atomic E-state index is 13.2. The van der Waals surface area contributed by atoms with E-state index >= 15 is 0 Å². The number of amides is 1. The van der Waals surface area contributed by atoms with E-state index < -0.39 is 25.8 Å². The molecule has 0 aliphatic rings. The number of benzene rings is 2. The fourth-order valence-corrected chi connectivity index (χ4v) is 7.47. The van der Waals surface area contributed by atoms with Crippen molar-refractivity contribution in [3.63, 3.8) is 0 Å². The molecule has 1 amide bonds. The summed E-state index contributed by atoms with van der Waals surface area (Å²) in [5.41, 5.74) is 11.5. The quantitative estimate of drug-likeness (QED) is 0.208. The number of primary sulfonamides is 1. The van der Waals surface area contributed by atoms with E-state index in [0.717, 1.165) is 27.8 Å². The van der Waals surface area contributed by atoms with Gasteiger partial charge in [-0.2, -0.15) is 0 Å². The summed E-state index contributed by atoms with van der Waals surface area (Å²) in [5, 5.41) is 22.4. The first-order valence-electron chi connectivity index (χ1n) is 13.1. The number of hydrogen-bond acceptors (Lipinski definition) is 9. The number of nitrogens with one attached hydrogen (secondary N) is 1. The Morgan fingerprint density at radius 1 is 1.14 bits per heavy atom. The molecule has 43 heavy (non-hydrogen) atoms. The van der Waals surface area contributed by atoms with E-state index in [1.165, 1.54) is 18.5 Å². The van der Waals surface area contributed by atoms with Crippen LogP contribution in [0.25, 0.3) is 16.8 Å². The molecule has 0 saturated carbocycles. The van der Waals surface area contributed by atoms with Crippen molar-refractivity contribution in [1.82, 2.24) is 29.9 Å². The molecule has 1 unspecified atom stereocenters. The third-order valence-corrected chi connectivity index (χ3v) is 10.5. The molecule has 0 saturated heterocycles. The van der Waals surface area contributed by atoms with Gasteiger partial charge >= 0.3 is 215 Å². The van der Waals surface area contributed by atoms with Crippen LogP contribution in [0.15, 0.2) is 66.0 Å². The Bertz CT molecular complexity index is 2020. The molecule has 5 rings (SSSR count). The van der Waals surface area contributed by atoms with E-state index in [2.05, 4.69) is 21.4 Å². The summed E-state index contributed by atoms with van der Waals surface area (Å²) in [4.78, 5) is 26.5. The van der Waals surface area contributed by atoms with Crippen LogP contribution in [0.2, 0.25) is 0 Å². The number of hydrogen-bond donors (Lipinski definition) is 3. The summed E-state index contributed by atoms with van der Waals surface area (Å²) < 4.78 is 25.4. The molecule has 14 heteroatoms. The molecule has 0 aliphatic heterocycles. The van der Waals surface area contributed by atoms with Crippen LogP contribution < -0.4 is 20.7 Å². The average molecular weight is 658 g/mol. The number of nitriles is 1. The number of carbonyl (C=O) groups excluding carboxylic acids is 1. The Morgan fingerprint density at radius 2 is 1.88 bits per heavy atom. The van der Waals surface area contributed by atoms with Gasteiger partial charge in [-0.15, -0.1) is 0 Å². The second kappa shape index (κ2) is 11.9. The average Bonchev–Trinajstić information content (AvgIpc) is 3.35. The maximum atomic E-state index is 13.2.